The molecule has 104 valence electrons. The number of benzene rings is 1. The molecule has 1 aromatic heterocycles. The Labute approximate surface area is 124 Å². The van der Waals surface area contributed by atoms with E-state index in [9.17, 15) is 9.18 Å². The lowest BCUT2D eigenvalue weighted by Crippen LogP contribution is -2.16. The first kappa shape index (κ1) is 14.5. The Bertz CT molecular complexity index is 661. The van der Waals surface area contributed by atoms with Crippen molar-refractivity contribution in [1.82, 2.24) is 4.98 Å². The lowest BCUT2D eigenvalue weighted by Gasteiger charge is -2.11. The predicted octanol–water partition coefficient (Wildman–Crippen LogP) is 3.38. The van der Waals surface area contributed by atoms with Crippen LogP contribution in [0.5, 0.6) is 0 Å². The molecule has 20 heavy (non-hydrogen) atoms. The molecule has 0 radical (unpaired) electrons. The van der Waals surface area contributed by atoms with Gasteiger partial charge in [-0.25, -0.2) is 9.37 Å². The Morgan fingerprint density at radius 1 is 1.45 bits per heavy atom. The molecule has 0 bridgehead atoms. The number of anilines is 2. The zero-order chi connectivity index (χ0) is 14.7. The molecule has 0 aliphatic rings. The molecule has 0 aliphatic carbocycles. The van der Waals surface area contributed by atoms with E-state index in [4.69, 9.17) is 5.73 Å². The Hall–Kier alpha value is -1.95. The molecule has 0 saturated carbocycles. The van der Waals surface area contributed by atoms with Gasteiger partial charge in [0, 0.05) is 16.4 Å². The number of rotatable bonds is 3. The van der Waals surface area contributed by atoms with Crippen molar-refractivity contribution in [3.63, 3.8) is 0 Å². The molecule has 2 aromatic rings. The number of aromatic nitrogens is 1. The molecule has 0 fully saturated rings. The van der Waals surface area contributed by atoms with Crippen molar-refractivity contribution in [3.05, 3.63) is 51.9 Å². The molecule has 0 spiro atoms. The van der Waals surface area contributed by atoms with Crippen molar-refractivity contribution in [3.8, 4) is 0 Å². The summed E-state index contributed by atoms with van der Waals surface area (Å²) in [5, 5.41) is 2.69. The van der Waals surface area contributed by atoms with Gasteiger partial charge in [0.2, 0.25) is 0 Å². The van der Waals surface area contributed by atoms with Gasteiger partial charge in [-0.15, -0.1) is 0 Å². The van der Waals surface area contributed by atoms with Gasteiger partial charge in [-0.1, -0.05) is 22.9 Å². The van der Waals surface area contributed by atoms with Crippen LogP contribution in [0.4, 0.5) is 15.9 Å². The first-order chi connectivity index (χ1) is 9.52. The van der Waals surface area contributed by atoms with Crippen molar-refractivity contribution in [2.75, 3.05) is 11.1 Å². The number of nitrogens with one attached hydrogen (secondary N) is 1. The van der Waals surface area contributed by atoms with E-state index < -0.39 is 11.7 Å². The summed E-state index contributed by atoms with van der Waals surface area (Å²) >= 11 is 3.37. The Kier molecular flexibility index (Phi) is 4.34. The van der Waals surface area contributed by atoms with Gasteiger partial charge in [-0.2, -0.15) is 0 Å². The van der Waals surface area contributed by atoms with Crippen LogP contribution in [0.2, 0.25) is 0 Å². The van der Waals surface area contributed by atoms with E-state index in [2.05, 4.69) is 26.2 Å². The number of aryl methyl sites for hydroxylation is 1. The Balaban J connectivity index is 2.30. The lowest BCUT2D eigenvalue weighted by atomic mass is 10.1. The molecule has 0 atom stereocenters. The zero-order valence-corrected chi connectivity index (χ0v) is 12.4. The van der Waals surface area contributed by atoms with Crippen LogP contribution >= 0.6 is 15.9 Å². The number of halogens is 2. The van der Waals surface area contributed by atoms with Crippen LogP contribution in [0.3, 0.4) is 0 Å². The van der Waals surface area contributed by atoms with E-state index in [1.165, 1.54) is 12.3 Å². The van der Waals surface area contributed by atoms with Crippen molar-refractivity contribution in [1.29, 1.82) is 0 Å². The van der Waals surface area contributed by atoms with Gasteiger partial charge < -0.3 is 11.1 Å². The third-order valence-electron chi connectivity index (χ3n) is 2.86. The number of nitrogen functional groups attached to an aromatic ring is 1. The number of amides is 1. The van der Waals surface area contributed by atoms with E-state index in [1.807, 2.05) is 19.1 Å². The van der Waals surface area contributed by atoms with E-state index in [0.29, 0.717) is 5.69 Å². The van der Waals surface area contributed by atoms with E-state index in [0.717, 1.165) is 16.5 Å². The molecule has 6 heteroatoms. The standard InChI is InChI=1S/C14H13BrFN3O/c1-2-8-7-9(15)3-4-11(8)19-14(20)10-5-6-18-13(17)12(10)16/h3-7H,2H2,1H3,(H2,17,18)(H,19,20). The summed E-state index contributed by atoms with van der Waals surface area (Å²) in [5.41, 5.74) is 6.84. The minimum Gasteiger partial charge on any atom is -0.381 e. The largest absolute Gasteiger partial charge is 0.381 e. The number of pyridine rings is 1. The third kappa shape index (κ3) is 2.96. The molecule has 3 N–H and O–H groups in total. The molecular formula is C14H13BrFN3O. The minimum atomic E-state index is -0.805. The molecule has 1 aromatic carbocycles. The molecule has 1 amide bonds. The fourth-order valence-electron chi connectivity index (χ4n) is 1.80. The second kappa shape index (κ2) is 6.00. The summed E-state index contributed by atoms with van der Waals surface area (Å²) in [6.07, 6.45) is 2.05. The number of nitrogens with zero attached hydrogens (tertiary/aromatic N) is 1. The summed E-state index contributed by atoms with van der Waals surface area (Å²) in [6.45, 7) is 1.97. The van der Waals surface area contributed by atoms with E-state index in [-0.39, 0.29) is 11.4 Å². The monoisotopic (exact) mass is 337 g/mol. The first-order valence-corrected chi connectivity index (χ1v) is 6.82. The van der Waals surface area contributed by atoms with Crippen LogP contribution in [0.15, 0.2) is 34.9 Å². The average Bonchev–Trinajstić information content (AvgIpc) is 2.43. The molecule has 0 aliphatic heterocycles. The third-order valence-corrected chi connectivity index (χ3v) is 3.35. The quantitative estimate of drug-likeness (QED) is 0.902. The number of carbonyl (C=O) groups is 1. The highest BCUT2D eigenvalue weighted by molar-refractivity contribution is 9.10. The number of nitrogens with two attached hydrogens (primary N) is 1. The minimum absolute atomic E-state index is 0.123. The van der Waals surface area contributed by atoms with Crippen LogP contribution in [-0.4, -0.2) is 10.9 Å². The predicted molar refractivity (Wildman–Crippen MR) is 80.1 cm³/mol. The molecule has 0 saturated heterocycles. The Morgan fingerprint density at radius 3 is 2.90 bits per heavy atom. The van der Waals surface area contributed by atoms with Crippen LogP contribution in [0.1, 0.15) is 22.8 Å². The van der Waals surface area contributed by atoms with Gasteiger partial charge in [-0.05, 0) is 36.2 Å². The highest BCUT2D eigenvalue weighted by Crippen LogP contribution is 2.23. The van der Waals surface area contributed by atoms with Crippen molar-refractivity contribution in [2.45, 2.75) is 13.3 Å². The maximum atomic E-state index is 13.7. The summed E-state index contributed by atoms with van der Waals surface area (Å²) in [6, 6.07) is 6.79. The fourth-order valence-corrected chi connectivity index (χ4v) is 2.21. The zero-order valence-electron chi connectivity index (χ0n) is 10.8. The Morgan fingerprint density at radius 2 is 2.20 bits per heavy atom. The highest BCUT2D eigenvalue weighted by Gasteiger charge is 2.15. The number of hydrogen-bond acceptors (Lipinski definition) is 3. The van der Waals surface area contributed by atoms with Crippen molar-refractivity contribution < 1.29 is 9.18 Å². The van der Waals surface area contributed by atoms with Crippen LogP contribution < -0.4 is 11.1 Å². The van der Waals surface area contributed by atoms with Crippen LogP contribution in [0.25, 0.3) is 0 Å². The fraction of sp³-hybridized carbons (Fsp3) is 0.143. The molecule has 2 rings (SSSR count). The number of carbonyl (C=O) groups excluding carboxylic acids is 1. The van der Waals surface area contributed by atoms with Crippen LogP contribution in [0, 0.1) is 5.82 Å². The average molecular weight is 338 g/mol. The van der Waals surface area contributed by atoms with Gasteiger partial charge in [-0.3, -0.25) is 4.79 Å². The normalized spacial score (nSPS) is 10.3. The number of hydrogen-bond donors (Lipinski definition) is 2. The van der Waals surface area contributed by atoms with Gasteiger partial charge in [0.25, 0.3) is 5.91 Å². The van der Waals surface area contributed by atoms with E-state index in [1.54, 1.807) is 6.07 Å². The maximum Gasteiger partial charge on any atom is 0.258 e. The molecular weight excluding hydrogens is 325 g/mol. The smallest absolute Gasteiger partial charge is 0.258 e. The summed E-state index contributed by atoms with van der Waals surface area (Å²) in [7, 11) is 0. The second-order valence-corrected chi connectivity index (χ2v) is 5.08. The summed E-state index contributed by atoms with van der Waals surface area (Å²) in [5.74, 6) is -1.64. The highest BCUT2D eigenvalue weighted by atomic mass is 79.9. The van der Waals surface area contributed by atoms with Crippen LogP contribution in [-0.2, 0) is 6.42 Å². The van der Waals surface area contributed by atoms with Gasteiger partial charge in [0.1, 0.15) is 0 Å². The maximum absolute atomic E-state index is 13.7. The van der Waals surface area contributed by atoms with Crippen molar-refractivity contribution in [2.24, 2.45) is 0 Å². The molecule has 4 nitrogen and oxygen atoms in total. The van der Waals surface area contributed by atoms with Gasteiger partial charge in [0.15, 0.2) is 11.6 Å². The van der Waals surface area contributed by atoms with Gasteiger partial charge in [0.05, 0.1) is 5.56 Å². The summed E-state index contributed by atoms with van der Waals surface area (Å²) in [4.78, 5) is 15.7. The topological polar surface area (TPSA) is 68.0 Å². The molecule has 1 heterocycles. The van der Waals surface area contributed by atoms with Crippen molar-refractivity contribution >= 4 is 33.3 Å². The lowest BCUT2D eigenvalue weighted by molar-refractivity contribution is 0.102. The SMILES string of the molecule is CCc1cc(Br)ccc1NC(=O)c1ccnc(N)c1F. The second-order valence-electron chi connectivity index (χ2n) is 4.17. The first-order valence-electron chi connectivity index (χ1n) is 6.02. The summed E-state index contributed by atoms with van der Waals surface area (Å²) < 4.78 is 14.7. The molecule has 0 unspecified atom stereocenters. The van der Waals surface area contributed by atoms with E-state index >= 15 is 0 Å². The van der Waals surface area contributed by atoms with Gasteiger partial charge >= 0.3 is 0 Å².